The summed E-state index contributed by atoms with van der Waals surface area (Å²) in [5, 5.41) is -3.19. The minimum absolute atomic E-state index is 0.0239. The van der Waals surface area contributed by atoms with Crippen LogP contribution >= 0.6 is 0 Å². The van der Waals surface area contributed by atoms with Gasteiger partial charge in [0.05, 0.1) is 0 Å². The van der Waals surface area contributed by atoms with Gasteiger partial charge in [0, 0.05) is 23.7 Å². The molecule has 2 saturated carbocycles. The SMILES string of the molecule is CCC(C)(C)C(=O)C1CC2CC1CC2C(=O)C(O)Cc1ccc(OS(=O)(=O)C(F)(F)C(F)(F)C(F)(F)S(=O)(=O)O)cc1. The number of alkyl halides is 6. The lowest BCUT2D eigenvalue weighted by molar-refractivity contribution is -0.247. The van der Waals surface area contributed by atoms with Crippen molar-refractivity contribution in [3.63, 3.8) is 0 Å². The Morgan fingerprint density at radius 1 is 0.905 bits per heavy atom. The zero-order chi connectivity index (χ0) is 32.3. The van der Waals surface area contributed by atoms with Gasteiger partial charge < -0.3 is 9.29 Å². The number of ketones is 2. The van der Waals surface area contributed by atoms with Gasteiger partial charge >= 0.3 is 36.7 Å². The Hall–Kier alpha value is -2.24. The minimum atomic E-state index is -7.17. The number of hydrogen-bond acceptors (Lipinski definition) is 8. The highest BCUT2D eigenvalue weighted by atomic mass is 32.2. The molecular weight excluding hydrogens is 622 g/mol. The first-order chi connectivity index (χ1) is 18.9. The molecule has 5 unspecified atom stereocenters. The predicted octanol–water partition coefficient (Wildman–Crippen LogP) is 4.24. The molecular formula is C25H30F6O9S2. The summed E-state index contributed by atoms with van der Waals surface area (Å²) >= 11 is 0. The van der Waals surface area contributed by atoms with E-state index in [-0.39, 0.29) is 35.5 Å². The Bertz CT molecular complexity index is 1430. The van der Waals surface area contributed by atoms with Crippen LogP contribution in [0.4, 0.5) is 26.3 Å². The number of halogens is 6. The molecule has 0 saturated heterocycles. The third-order valence-electron chi connectivity index (χ3n) is 8.37. The number of fused-ring (bicyclic) bond motifs is 2. The van der Waals surface area contributed by atoms with Crippen LogP contribution in [0.2, 0.25) is 0 Å². The lowest BCUT2D eigenvalue weighted by atomic mass is 9.70. The number of carbonyl (C=O) groups excluding carboxylic acids is 2. The quantitative estimate of drug-likeness (QED) is 0.181. The number of benzene rings is 1. The fraction of sp³-hybridized carbons (Fsp3) is 0.680. The van der Waals surface area contributed by atoms with Crippen molar-refractivity contribution in [3.8, 4) is 5.75 Å². The Morgan fingerprint density at radius 2 is 1.40 bits per heavy atom. The second-order valence-electron chi connectivity index (χ2n) is 11.4. The number of hydrogen-bond donors (Lipinski definition) is 2. The summed E-state index contributed by atoms with van der Waals surface area (Å²) in [6.07, 6.45) is 0.513. The zero-order valence-electron chi connectivity index (χ0n) is 22.6. The maximum atomic E-state index is 14.0. The van der Waals surface area contributed by atoms with E-state index in [2.05, 4.69) is 4.18 Å². The Morgan fingerprint density at radius 3 is 1.86 bits per heavy atom. The molecule has 2 fully saturated rings. The molecule has 0 heterocycles. The molecule has 0 spiro atoms. The second kappa shape index (κ2) is 11.0. The number of aliphatic hydroxyl groups is 1. The van der Waals surface area contributed by atoms with Crippen LogP contribution in [0.5, 0.6) is 5.75 Å². The molecule has 2 N–H and O–H groups in total. The van der Waals surface area contributed by atoms with Gasteiger partial charge in [0.25, 0.3) is 0 Å². The molecule has 17 heteroatoms. The summed E-state index contributed by atoms with van der Waals surface area (Å²) in [4.78, 5) is 25.9. The van der Waals surface area contributed by atoms with Gasteiger partial charge in [0.2, 0.25) is 0 Å². The number of carbonyl (C=O) groups is 2. The number of aliphatic hydroxyl groups excluding tert-OH is 1. The van der Waals surface area contributed by atoms with Crippen molar-refractivity contribution in [1.29, 1.82) is 0 Å². The van der Waals surface area contributed by atoms with E-state index in [1.54, 1.807) is 0 Å². The molecule has 0 amide bonds. The van der Waals surface area contributed by atoms with Crippen LogP contribution < -0.4 is 4.18 Å². The molecule has 1 aromatic carbocycles. The average Bonchev–Trinajstić information content (AvgIpc) is 3.49. The summed E-state index contributed by atoms with van der Waals surface area (Å²) in [6.45, 7) is 5.68. The Kier molecular flexibility index (Phi) is 9.00. The predicted molar refractivity (Wildman–Crippen MR) is 134 cm³/mol. The van der Waals surface area contributed by atoms with Crippen LogP contribution in [0.3, 0.4) is 0 Å². The highest BCUT2D eigenvalue weighted by Gasteiger charge is 2.83. The third-order valence-corrected chi connectivity index (χ3v) is 10.6. The van der Waals surface area contributed by atoms with Crippen LogP contribution in [0.15, 0.2) is 24.3 Å². The van der Waals surface area contributed by atoms with Gasteiger partial charge in [-0.25, -0.2) is 0 Å². The first kappa shape index (κ1) is 34.3. The fourth-order valence-corrected chi connectivity index (χ4v) is 6.97. The number of Topliss-reactive ketones (excluding diaryl/α,β-unsaturated/α-hetero) is 2. The molecule has 0 aromatic heterocycles. The largest absolute Gasteiger partial charge is 0.450 e. The maximum absolute atomic E-state index is 14.0. The van der Waals surface area contributed by atoms with Crippen molar-refractivity contribution in [2.45, 2.75) is 75.4 Å². The molecule has 3 rings (SSSR count). The van der Waals surface area contributed by atoms with E-state index in [1.807, 2.05) is 20.8 Å². The first-order valence-corrected chi connectivity index (χ1v) is 15.7. The summed E-state index contributed by atoms with van der Waals surface area (Å²) in [7, 11) is -14.1. The van der Waals surface area contributed by atoms with E-state index in [0.717, 1.165) is 12.1 Å². The van der Waals surface area contributed by atoms with E-state index in [0.29, 0.717) is 37.8 Å². The second-order valence-corrected chi connectivity index (χ2v) is 14.5. The summed E-state index contributed by atoms with van der Waals surface area (Å²) in [5.74, 6) is -9.20. The molecule has 1 aromatic rings. The van der Waals surface area contributed by atoms with Crippen LogP contribution in [-0.2, 0) is 36.2 Å². The van der Waals surface area contributed by atoms with Gasteiger partial charge in [-0.05, 0) is 55.2 Å². The van der Waals surface area contributed by atoms with Gasteiger partial charge in [-0.2, -0.15) is 43.2 Å². The topological polar surface area (TPSA) is 152 Å². The van der Waals surface area contributed by atoms with E-state index < -0.39 is 65.6 Å². The first-order valence-electron chi connectivity index (χ1n) is 12.8. The molecule has 5 atom stereocenters. The molecule has 2 aliphatic rings. The molecule has 2 bridgehead atoms. The zero-order valence-corrected chi connectivity index (χ0v) is 24.2. The highest BCUT2D eigenvalue weighted by molar-refractivity contribution is 7.88. The Balaban J connectivity index is 1.65. The highest BCUT2D eigenvalue weighted by Crippen LogP contribution is 2.54. The van der Waals surface area contributed by atoms with E-state index in [9.17, 15) is 57.9 Å². The lowest BCUT2D eigenvalue weighted by Gasteiger charge is -2.32. The van der Waals surface area contributed by atoms with Gasteiger partial charge in [-0.3, -0.25) is 14.1 Å². The normalized spacial score (nSPS) is 24.5. The molecule has 9 nitrogen and oxygen atoms in total. The van der Waals surface area contributed by atoms with Gasteiger partial charge in [-0.1, -0.05) is 32.9 Å². The van der Waals surface area contributed by atoms with Gasteiger partial charge in [0.15, 0.2) is 5.78 Å². The van der Waals surface area contributed by atoms with Crippen LogP contribution in [0.25, 0.3) is 0 Å². The Labute approximate surface area is 238 Å². The van der Waals surface area contributed by atoms with Crippen molar-refractivity contribution < 1.29 is 66.6 Å². The molecule has 238 valence electrons. The summed E-state index contributed by atoms with van der Waals surface area (Å²) in [6, 6.07) is 3.30. The maximum Gasteiger partial charge on any atom is 0.450 e. The summed E-state index contributed by atoms with van der Waals surface area (Å²) < 4.78 is 139. The van der Waals surface area contributed by atoms with Crippen molar-refractivity contribution in [2.75, 3.05) is 0 Å². The molecule has 42 heavy (non-hydrogen) atoms. The van der Waals surface area contributed by atoms with Gasteiger partial charge in [-0.15, -0.1) is 0 Å². The molecule has 2 aliphatic carbocycles. The van der Waals surface area contributed by atoms with Crippen molar-refractivity contribution in [1.82, 2.24) is 0 Å². The van der Waals surface area contributed by atoms with Crippen LogP contribution in [0, 0.1) is 29.1 Å². The fourth-order valence-electron chi connectivity index (χ4n) is 5.54. The van der Waals surface area contributed by atoms with Gasteiger partial charge in [0.1, 0.15) is 17.6 Å². The monoisotopic (exact) mass is 652 g/mol. The standard InChI is InChI=1S/C25H30F6O9S2/c1-4-22(2,3)21(34)18-12-14-10-15(18)11-17(14)20(33)19(32)9-13-5-7-16(8-6-13)40-42(38,39)25(30,31)23(26,27)24(28,29)41(35,36)37/h5-8,14-15,17-19,32H,4,9-12H2,1-3H3,(H,35,36,37). The van der Waals surface area contributed by atoms with Crippen LogP contribution in [-0.4, -0.2) is 60.6 Å². The summed E-state index contributed by atoms with van der Waals surface area (Å²) in [5.41, 5.74) is -0.317. The van der Waals surface area contributed by atoms with Crippen molar-refractivity contribution in [2.24, 2.45) is 29.1 Å². The van der Waals surface area contributed by atoms with E-state index in [4.69, 9.17) is 4.55 Å². The minimum Gasteiger partial charge on any atom is -0.385 e. The van der Waals surface area contributed by atoms with Crippen molar-refractivity contribution >= 4 is 31.8 Å². The molecule has 0 radical (unpaired) electrons. The van der Waals surface area contributed by atoms with Crippen molar-refractivity contribution in [3.05, 3.63) is 29.8 Å². The average molecular weight is 653 g/mol. The third kappa shape index (κ3) is 5.80. The smallest absolute Gasteiger partial charge is 0.385 e. The van der Waals surface area contributed by atoms with E-state index >= 15 is 0 Å². The molecule has 0 aliphatic heterocycles. The van der Waals surface area contributed by atoms with Crippen LogP contribution in [0.1, 0.15) is 52.0 Å². The van der Waals surface area contributed by atoms with E-state index in [1.165, 1.54) is 0 Å². The number of rotatable bonds is 13. The lowest BCUT2D eigenvalue weighted by Crippen LogP contribution is -2.61.